The van der Waals surface area contributed by atoms with Gasteiger partial charge in [-0.1, -0.05) is 6.07 Å². The van der Waals surface area contributed by atoms with E-state index in [1.54, 1.807) is 12.1 Å². The lowest BCUT2D eigenvalue weighted by molar-refractivity contribution is -0.129. The Morgan fingerprint density at radius 2 is 1.95 bits per heavy atom. The number of piperidine rings is 1. The topological polar surface area (TPSA) is 20.3 Å². The quantitative estimate of drug-likeness (QED) is 0.773. The number of benzene rings is 1. The zero-order valence-electron chi connectivity index (χ0n) is 12.2. The van der Waals surface area contributed by atoms with Crippen LogP contribution in [0.4, 0.5) is 4.39 Å². The van der Waals surface area contributed by atoms with Gasteiger partial charge >= 0.3 is 0 Å². The van der Waals surface area contributed by atoms with Crippen LogP contribution in [0.5, 0.6) is 0 Å². The summed E-state index contributed by atoms with van der Waals surface area (Å²) in [6, 6.07) is 10.6. The fraction of sp³-hybridized carbons (Fsp3) is 0.353. The largest absolute Gasteiger partial charge is 0.342 e. The molecular weight excluding hydrogens is 317 g/mol. The molecule has 0 radical (unpaired) electrons. The molecule has 0 unspecified atom stereocenters. The lowest BCUT2D eigenvalue weighted by Gasteiger charge is -2.31. The Morgan fingerprint density at radius 3 is 2.59 bits per heavy atom. The molecule has 1 fully saturated rings. The third-order valence-electron chi connectivity index (χ3n) is 3.97. The normalized spacial score (nSPS) is 16.0. The average Bonchev–Trinajstić information content (AvgIpc) is 3.09. The standard InChI is InChI=1S/C17H18FNOS2/c18-14-3-5-15(6-4-14)22-12-17(20)19-9-7-13(8-10-19)16-2-1-11-21-16/h1-6,11,13H,7-10,12H2. The second-order valence-corrected chi connectivity index (χ2v) is 7.44. The van der Waals surface area contributed by atoms with E-state index in [0.29, 0.717) is 11.7 Å². The van der Waals surface area contributed by atoms with Crippen LogP contribution in [0.15, 0.2) is 46.7 Å². The number of rotatable bonds is 4. The molecule has 1 aliphatic heterocycles. The summed E-state index contributed by atoms with van der Waals surface area (Å²) in [5, 5.41) is 2.12. The first-order chi connectivity index (χ1) is 10.7. The van der Waals surface area contributed by atoms with Gasteiger partial charge in [-0.25, -0.2) is 4.39 Å². The zero-order valence-corrected chi connectivity index (χ0v) is 13.8. The van der Waals surface area contributed by atoms with Crippen molar-refractivity contribution in [3.05, 3.63) is 52.5 Å². The molecule has 1 aromatic carbocycles. The van der Waals surface area contributed by atoms with E-state index in [2.05, 4.69) is 17.5 Å². The Morgan fingerprint density at radius 1 is 1.23 bits per heavy atom. The third kappa shape index (κ3) is 3.90. The van der Waals surface area contributed by atoms with Crippen molar-refractivity contribution in [2.24, 2.45) is 0 Å². The molecule has 1 amide bonds. The molecule has 116 valence electrons. The molecule has 5 heteroatoms. The van der Waals surface area contributed by atoms with Crippen molar-refractivity contribution in [2.75, 3.05) is 18.8 Å². The predicted octanol–water partition coefficient (Wildman–Crippen LogP) is 4.39. The van der Waals surface area contributed by atoms with E-state index in [4.69, 9.17) is 0 Å². The minimum absolute atomic E-state index is 0.180. The van der Waals surface area contributed by atoms with Crippen LogP contribution >= 0.6 is 23.1 Å². The van der Waals surface area contributed by atoms with Crippen molar-refractivity contribution in [2.45, 2.75) is 23.7 Å². The Balaban J connectivity index is 1.46. The number of hydrogen-bond acceptors (Lipinski definition) is 3. The monoisotopic (exact) mass is 335 g/mol. The van der Waals surface area contributed by atoms with Crippen LogP contribution in [0.3, 0.4) is 0 Å². The van der Waals surface area contributed by atoms with Gasteiger partial charge in [-0.3, -0.25) is 4.79 Å². The first-order valence-electron chi connectivity index (χ1n) is 7.42. The van der Waals surface area contributed by atoms with Crippen molar-refractivity contribution in [3.63, 3.8) is 0 Å². The van der Waals surface area contributed by atoms with Gasteiger partial charge in [0, 0.05) is 22.9 Å². The van der Waals surface area contributed by atoms with Gasteiger partial charge in [0.2, 0.25) is 5.91 Å². The van der Waals surface area contributed by atoms with Crippen molar-refractivity contribution < 1.29 is 9.18 Å². The Kier molecular flexibility index (Phi) is 5.16. The van der Waals surface area contributed by atoms with Gasteiger partial charge in [0.25, 0.3) is 0 Å². The molecule has 1 aromatic heterocycles. The molecule has 0 aliphatic carbocycles. The first-order valence-corrected chi connectivity index (χ1v) is 9.28. The maximum absolute atomic E-state index is 12.8. The molecule has 2 heterocycles. The second-order valence-electron chi connectivity index (χ2n) is 5.41. The summed E-state index contributed by atoms with van der Waals surface area (Å²) in [4.78, 5) is 16.6. The van der Waals surface area contributed by atoms with Crippen LogP contribution in [0.25, 0.3) is 0 Å². The number of thioether (sulfide) groups is 1. The minimum Gasteiger partial charge on any atom is -0.342 e. The summed E-state index contributed by atoms with van der Waals surface area (Å²) < 4.78 is 12.8. The number of amides is 1. The van der Waals surface area contributed by atoms with Crippen molar-refractivity contribution in [1.82, 2.24) is 4.90 Å². The van der Waals surface area contributed by atoms with Crippen LogP contribution in [0.2, 0.25) is 0 Å². The molecule has 0 bridgehead atoms. The Labute approximate surface area is 138 Å². The highest BCUT2D eigenvalue weighted by Crippen LogP contribution is 2.31. The lowest BCUT2D eigenvalue weighted by atomic mass is 9.95. The van der Waals surface area contributed by atoms with Gasteiger partial charge in [-0.15, -0.1) is 23.1 Å². The summed E-state index contributed by atoms with van der Waals surface area (Å²) in [5.41, 5.74) is 0. The number of carbonyl (C=O) groups excluding carboxylic acids is 1. The molecule has 0 N–H and O–H groups in total. The van der Waals surface area contributed by atoms with Gasteiger partial charge in [-0.05, 0) is 54.5 Å². The molecule has 2 nitrogen and oxygen atoms in total. The molecule has 0 saturated carbocycles. The number of carbonyl (C=O) groups is 1. The number of nitrogens with zero attached hydrogens (tertiary/aromatic N) is 1. The summed E-state index contributed by atoms with van der Waals surface area (Å²) in [5.74, 6) is 0.967. The maximum Gasteiger partial charge on any atom is 0.232 e. The van der Waals surface area contributed by atoms with Crippen molar-refractivity contribution in [1.29, 1.82) is 0 Å². The highest BCUT2D eigenvalue weighted by Gasteiger charge is 2.24. The maximum atomic E-state index is 12.8. The molecule has 3 rings (SSSR count). The van der Waals surface area contributed by atoms with Crippen LogP contribution in [-0.2, 0) is 4.79 Å². The highest BCUT2D eigenvalue weighted by atomic mass is 32.2. The summed E-state index contributed by atoms with van der Waals surface area (Å²) in [6.45, 7) is 1.68. The number of thiophene rings is 1. The van der Waals surface area contributed by atoms with Crippen LogP contribution in [0, 0.1) is 5.82 Å². The van der Waals surface area contributed by atoms with Gasteiger partial charge in [0.05, 0.1) is 5.75 Å². The van der Waals surface area contributed by atoms with E-state index in [1.165, 1.54) is 28.8 Å². The van der Waals surface area contributed by atoms with E-state index in [1.807, 2.05) is 16.2 Å². The van der Waals surface area contributed by atoms with Crippen LogP contribution in [-0.4, -0.2) is 29.6 Å². The van der Waals surface area contributed by atoms with Gasteiger partial charge in [-0.2, -0.15) is 0 Å². The van der Waals surface area contributed by atoms with E-state index in [9.17, 15) is 9.18 Å². The third-order valence-corrected chi connectivity index (χ3v) is 6.00. The molecule has 22 heavy (non-hydrogen) atoms. The van der Waals surface area contributed by atoms with Gasteiger partial charge < -0.3 is 4.90 Å². The summed E-state index contributed by atoms with van der Waals surface area (Å²) in [7, 11) is 0. The summed E-state index contributed by atoms with van der Waals surface area (Å²) in [6.07, 6.45) is 2.10. The zero-order chi connectivity index (χ0) is 15.4. The van der Waals surface area contributed by atoms with Crippen molar-refractivity contribution in [3.8, 4) is 0 Å². The number of halogens is 1. The average molecular weight is 335 g/mol. The number of hydrogen-bond donors (Lipinski definition) is 0. The molecule has 1 aliphatic rings. The van der Waals surface area contributed by atoms with Crippen LogP contribution in [0.1, 0.15) is 23.6 Å². The highest BCUT2D eigenvalue weighted by molar-refractivity contribution is 8.00. The second kappa shape index (κ2) is 7.29. The molecule has 1 saturated heterocycles. The predicted molar refractivity (Wildman–Crippen MR) is 90.0 cm³/mol. The minimum atomic E-state index is -0.244. The molecule has 0 spiro atoms. The van der Waals surface area contributed by atoms with E-state index < -0.39 is 0 Å². The molecule has 2 aromatic rings. The van der Waals surface area contributed by atoms with E-state index >= 15 is 0 Å². The molecule has 0 atom stereocenters. The smallest absolute Gasteiger partial charge is 0.232 e. The fourth-order valence-corrected chi connectivity index (χ4v) is 4.40. The van der Waals surface area contributed by atoms with Crippen molar-refractivity contribution >= 4 is 29.0 Å². The van der Waals surface area contributed by atoms with Gasteiger partial charge in [0.1, 0.15) is 5.82 Å². The Hall–Kier alpha value is -1.33. The lowest BCUT2D eigenvalue weighted by Crippen LogP contribution is -2.38. The van der Waals surface area contributed by atoms with Gasteiger partial charge in [0.15, 0.2) is 0 Å². The SMILES string of the molecule is O=C(CSc1ccc(F)cc1)N1CCC(c2cccs2)CC1. The number of likely N-dealkylation sites (tertiary alicyclic amines) is 1. The van der Waals surface area contributed by atoms with Crippen LogP contribution < -0.4 is 0 Å². The first kappa shape index (κ1) is 15.6. The fourth-order valence-electron chi connectivity index (χ4n) is 2.70. The van der Waals surface area contributed by atoms with E-state index in [-0.39, 0.29) is 11.7 Å². The van der Waals surface area contributed by atoms with E-state index in [0.717, 1.165) is 30.8 Å². The Bertz CT molecular complexity index is 604. The summed E-state index contributed by atoms with van der Waals surface area (Å²) >= 11 is 3.28. The molecular formula is C17H18FNOS2.